The van der Waals surface area contributed by atoms with Crippen LogP contribution in [0.2, 0.25) is 19.1 Å². The highest BCUT2D eigenvalue weighted by atomic mass is 29.2. The molecule has 0 N–H and O–H groups in total. The van der Waals surface area contributed by atoms with E-state index in [0.29, 0.717) is 0 Å². The second-order valence-corrected chi connectivity index (χ2v) is 9.19. The van der Waals surface area contributed by atoms with Gasteiger partial charge in [-0.3, -0.25) is 0 Å². The molecule has 0 saturated heterocycles. The molecule has 0 bridgehead atoms. The molecule has 0 amide bonds. The van der Waals surface area contributed by atoms with E-state index < -0.39 is 0 Å². The molecule has 0 spiro atoms. The van der Waals surface area contributed by atoms with Gasteiger partial charge >= 0.3 is 0 Å². The van der Waals surface area contributed by atoms with Crippen molar-refractivity contribution in [1.82, 2.24) is 0 Å². The lowest BCUT2D eigenvalue weighted by atomic mass is 10.4. The molecular formula is C6H15Si2. The molecule has 0 aliphatic rings. The first kappa shape index (κ1) is 8.43. The summed E-state index contributed by atoms with van der Waals surface area (Å²) in [5.41, 5.74) is 0. The van der Waals surface area contributed by atoms with Gasteiger partial charge < -0.3 is 0 Å². The maximum atomic E-state index is 2.40. The Balaban J connectivity index is 2.72. The van der Waals surface area contributed by atoms with Crippen molar-refractivity contribution in [2.24, 2.45) is 0 Å². The Morgan fingerprint density at radius 3 is 2.38 bits per heavy atom. The zero-order valence-electron chi connectivity index (χ0n) is 6.12. The molecule has 0 unspecified atom stereocenters. The Bertz CT molecular complexity index is 43.8. The molecular weight excluding hydrogens is 128 g/mol. The van der Waals surface area contributed by atoms with E-state index in [-0.39, 0.29) is 8.31 Å². The second-order valence-electron chi connectivity index (χ2n) is 2.28. The minimum absolute atomic E-state index is 0.121. The molecule has 0 nitrogen and oxygen atoms in total. The smallest absolute Gasteiger partial charge is 0.0278 e. The van der Waals surface area contributed by atoms with Crippen LogP contribution >= 0.6 is 0 Å². The third-order valence-corrected chi connectivity index (χ3v) is 5.19. The fraction of sp³-hybridized carbons (Fsp3) is 1.00. The van der Waals surface area contributed by atoms with Crippen molar-refractivity contribution in [2.75, 3.05) is 0 Å². The zero-order chi connectivity index (χ0) is 6.41. The maximum absolute atomic E-state index is 2.40. The first-order valence-corrected chi connectivity index (χ1v) is 8.02. The van der Waals surface area contributed by atoms with Crippen LogP contribution in [0.4, 0.5) is 0 Å². The minimum atomic E-state index is 0.121. The van der Waals surface area contributed by atoms with Gasteiger partial charge in [0.1, 0.15) is 0 Å². The molecule has 47 valence electrons. The van der Waals surface area contributed by atoms with E-state index >= 15 is 0 Å². The lowest BCUT2D eigenvalue weighted by molar-refractivity contribution is 0.882. The van der Waals surface area contributed by atoms with Gasteiger partial charge in [-0.2, -0.15) is 0 Å². The van der Waals surface area contributed by atoms with Crippen LogP contribution < -0.4 is 0 Å². The molecule has 0 fully saturated rings. The summed E-state index contributed by atoms with van der Waals surface area (Å²) >= 11 is 0. The highest BCUT2D eigenvalue weighted by molar-refractivity contribution is 7.11. The predicted molar refractivity (Wildman–Crippen MR) is 43.0 cm³/mol. The summed E-state index contributed by atoms with van der Waals surface area (Å²) in [6, 6.07) is 1.50. The number of unbranched alkanes of at least 4 members (excludes halogenated alkanes) is 1. The van der Waals surface area contributed by atoms with Gasteiger partial charge in [-0.05, 0) is 0 Å². The Morgan fingerprint density at radius 2 is 2.00 bits per heavy atom. The highest BCUT2D eigenvalue weighted by Crippen LogP contribution is 1.94. The fourth-order valence-corrected chi connectivity index (χ4v) is 3.58. The van der Waals surface area contributed by atoms with Gasteiger partial charge in [0.2, 0.25) is 0 Å². The van der Waals surface area contributed by atoms with Crippen molar-refractivity contribution in [3.8, 4) is 0 Å². The quantitative estimate of drug-likeness (QED) is 0.418. The van der Waals surface area contributed by atoms with Crippen LogP contribution in [0.5, 0.6) is 0 Å². The van der Waals surface area contributed by atoms with Crippen LogP contribution in [0, 0.1) is 0 Å². The summed E-state index contributed by atoms with van der Waals surface area (Å²) < 4.78 is 0. The molecule has 0 atom stereocenters. The Labute approximate surface area is 56.9 Å². The van der Waals surface area contributed by atoms with Crippen molar-refractivity contribution in [1.29, 1.82) is 0 Å². The molecule has 0 aliphatic carbocycles. The number of hydrogen-bond acceptors (Lipinski definition) is 0. The molecule has 0 aliphatic heterocycles. The average molecular weight is 143 g/mol. The van der Waals surface area contributed by atoms with Crippen LogP contribution in [0.3, 0.4) is 0 Å². The van der Waals surface area contributed by atoms with Gasteiger partial charge in [-0.1, -0.05) is 38.9 Å². The normalized spacial score (nSPS) is 10.5. The van der Waals surface area contributed by atoms with E-state index in [0.717, 1.165) is 0 Å². The Hall–Kier alpha value is 0.434. The van der Waals surface area contributed by atoms with Crippen LogP contribution in [0.15, 0.2) is 0 Å². The first-order chi connectivity index (χ1) is 3.77. The average Bonchev–Trinajstić information content (AvgIpc) is 1.66. The second kappa shape index (κ2) is 5.57. The largest absolute Gasteiger partial charge is 0.0737 e. The monoisotopic (exact) mass is 143 g/mol. The van der Waals surface area contributed by atoms with Crippen molar-refractivity contribution < 1.29 is 0 Å². The summed E-state index contributed by atoms with van der Waals surface area (Å²) in [6.45, 7) is 7.07. The summed E-state index contributed by atoms with van der Waals surface area (Å²) in [6.07, 6.45) is 2.83. The van der Waals surface area contributed by atoms with Crippen LogP contribution in [0.25, 0.3) is 0 Å². The zero-order valence-corrected chi connectivity index (χ0v) is 8.12. The molecule has 0 aromatic rings. The summed E-state index contributed by atoms with van der Waals surface area (Å²) in [4.78, 5) is 0. The third kappa shape index (κ3) is 6.43. The van der Waals surface area contributed by atoms with E-state index in [1.165, 1.54) is 27.9 Å². The molecule has 0 aromatic heterocycles. The molecule has 0 rings (SSSR count). The van der Waals surface area contributed by atoms with Gasteiger partial charge in [0.05, 0.1) is 0 Å². The maximum Gasteiger partial charge on any atom is 0.0278 e. The first-order valence-electron chi connectivity index (χ1n) is 3.31. The SMILES string of the molecule is CCCC[Si][Si](C)C. The predicted octanol–water partition coefficient (Wildman–Crippen LogP) is 2.16. The van der Waals surface area contributed by atoms with E-state index in [2.05, 4.69) is 20.0 Å². The summed E-state index contributed by atoms with van der Waals surface area (Å²) in [7, 11) is 1.42. The van der Waals surface area contributed by atoms with E-state index in [1.54, 1.807) is 0 Å². The van der Waals surface area contributed by atoms with Crippen LogP contribution in [0.1, 0.15) is 19.8 Å². The third-order valence-electron chi connectivity index (χ3n) is 1.01. The van der Waals surface area contributed by atoms with Gasteiger partial charge in [0, 0.05) is 17.4 Å². The topological polar surface area (TPSA) is 0 Å². The van der Waals surface area contributed by atoms with Gasteiger partial charge in [0.25, 0.3) is 0 Å². The highest BCUT2D eigenvalue weighted by Gasteiger charge is 1.94. The fourth-order valence-electron chi connectivity index (χ4n) is 0.515. The van der Waals surface area contributed by atoms with E-state index in [4.69, 9.17) is 0 Å². The van der Waals surface area contributed by atoms with Crippen molar-refractivity contribution in [2.45, 2.75) is 38.9 Å². The summed E-state index contributed by atoms with van der Waals surface area (Å²) in [5, 5.41) is 0. The van der Waals surface area contributed by atoms with Crippen molar-refractivity contribution in [3.05, 3.63) is 0 Å². The Kier molecular flexibility index (Phi) is 5.87. The van der Waals surface area contributed by atoms with E-state index in [9.17, 15) is 0 Å². The summed E-state index contributed by atoms with van der Waals surface area (Å²) in [5.74, 6) is 0. The van der Waals surface area contributed by atoms with Crippen molar-refractivity contribution in [3.63, 3.8) is 0 Å². The molecule has 8 heavy (non-hydrogen) atoms. The lowest BCUT2D eigenvalue weighted by Crippen LogP contribution is -2.11. The minimum Gasteiger partial charge on any atom is -0.0737 e. The van der Waals surface area contributed by atoms with Gasteiger partial charge in [-0.25, -0.2) is 0 Å². The van der Waals surface area contributed by atoms with Crippen LogP contribution in [-0.4, -0.2) is 17.4 Å². The number of rotatable bonds is 4. The Morgan fingerprint density at radius 1 is 1.38 bits per heavy atom. The number of hydrogen-bond donors (Lipinski definition) is 0. The van der Waals surface area contributed by atoms with E-state index in [1.807, 2.05) is 0 Å². The molecule has 3 radical (unpaired) electrons. The molecule has 2 heteroatoms. The van der Waals surface area contributed by atoms with Gasteiger partial charge in [-0.15, -0.1) is 0 Å². The standard InChI is InChI=1S/C6H15Si2/c1-4-5-6-7-8(2)3/h4-6H2,1-3H3. The van der Waals surface area contributed by atoms with Crippen LogP contribution in [-0.2, 0) is 0 Å². The van der Waals surface area contributed by atoms with Crippen molar-refractivity contribution >= 4 is 17.4 Å². The molecule has 0 aromatic carbocycles. The molecule has 0 saturated carbocycles. The van der Waals surface area contributed by atoms with Gasteiger partial charge in [0.15, 0.2) is 0 Å². The molecule has 0 heterocycles. The lowest BCUT2D eigenvalue weighted by Gasteiger charge is -1.97.